The van der Waals surface area contributed by atoms with E-state index in [2.05, 4.69) is 20.6 Å². The Morgan fingerprint density at radius 3 is 2.57 bits per heavy atom. The van der Waals surface area contributed by atoms with Gasteiger partial charge in [-0.25, -0.2) is 4.98 Å². The Balaban J connectivity index is 1.55. The number of carbonyl (C=O) groups excluding carboxylic acids is 2. The number of nitrogens with zero attached hydrogens (tertiary/aromatic N) is 1. The lowest BCUT2D eigenvalue weighted by Gasteiger charge is -2.12. The number of carbonyl (C=O) groups is 2. The average molecular weight is 374 g/mol. The van der Waals surface area contributed by atoms with Crippen LogP contribution in [0.3, 0.4) is 0 Å². The lowest BCUT2D eigenvalue weighted by Crippen LogP contribution is -2.17. The molecule has 6 heteroatoms. The van der Waals surface area contributed by atoms with Crippen molar-refractivity contribution < 1.29 is 9.59 Å². The van der Waals surface area contributed by atoms with Gasteiger partial charge in [-0.3, -0.25) is 9.59 Å². The number of hydrogen-bond acceptors (Lipinski definition) is 3. The molecular weight excluding hydrogens is 352 g/mol. The summed E-state index contributed by atoms with van der Waals surface area (Å²) in [6.45, 7) is 0. The number of aromatic nitrogens is 2. The van der Waals surface area contributed by atoms with Crippen molar-refractivity contribution in [3.8, 4) is 11.4 Å². The van der Waals surface area contributed by atoms with Crippen LogP contribution in [-0.4, -0.2) is 28.8 Å². The Morgan fingerprint density at radius 2 is 1.86 bits per heavy atom. The number of fused-ring (bicyclic) bond motifs is 1. The second kappa shape index (κ2) is 7.68. The van der Waals surface area contributed by atoms with Crippen LogP contribution in [-0.2, 0) is 4.79 Å². The molecule has 0 atom stereocenters. The largest absolute Gasteiger partial charge is 0.355 e. The van der Waals surface area contributed by atoms with E-state index in [4.69, 9.17) is 0 Å². The van der Waals surface area contributed by atoms with E-state index in [0.717, 1.165) is 59.4 Å². The number of anilines is 1. The zero-order chi connectivity index (χ0) is 19.5. The maximum absolute atomic E-state index is 12.4. The number of allylic oxidation sites excluding steroid dienone is 1. The van der Waals surface area contributed by atoms with Crippen molar-refractivity contribution in [1.82, 2.24) is 15.3 Å². The molecule has 28 heavy (non-hydrogen) atoms. The highest BCUT2D eigenvalue weighted by Crippen LogP contribution is 2.24. The molecule has 142 valence electrons. The molecule has 2 amide bonds. The van der Waals surface area contributed by atoms with Gasteiger partial charge in [-0.05, 0) is 56.0 Å². The molecule has 3 aromatic rings. The lowest BCUT2D eigenvalue weighted by molar-refractivity contribution is -0.113. The van der Waals surface area contributed by atoms with E-state index in [1.807, 2.05) is 36.4 Å². The molecule has 0 unspecified atom stereocenters. The quantitative estimate of drug-likeness (QED) is 0.644. The van der Waals surface area contributed by atoms with Crippen molar-refractivity contribution in [1.29, 1.82) is 0 Å². The Morgan fingerprint density at radius 1 is 1.04 bits per heavy atom. The van der Waals surface area contributed by atoms with Crippen LogP contribution in [0.15, 0.2) is 54.1 Å². The summed E-state index contributed by atoms with van der Waals surface area (Å²) in [5.41, 5.74) is 4.77. The third-order valence-corrected chi connectivity index (χ3v) is 4.97. The van der Waals surface area contributed by atoms with E-state index in [9.17, 15) is 9.59 Å². The predicted molar refractivity (Wildman–Crippen MR) is 110 cm³/mol. The van der Waals surface area contributed by atoms with Crippen LogP contribution >= 0.6 is 0 Å². The average Bonchev–Trinajstić information content (AvgIpc) is 3.17. The molecule has 1 aliphatic rings. The highest BCUT2D eigenvalue weighted by Gasteiger charge is 2.13. The Labute approximate surface area is 163 Å². The normalized spacial score (nSPS) is 13.8. The summed E-state index contributed by atoms with van der Waals surface area (Å²) < 4.78 is 0. The summed E-state index contributed by atoms with van der Waals surface area (Å²) in [5, 5.41) is 5.59. The summed E-state index contributed by atoms with van der Waals surface area (Å²) in [7, 11) is 1.61. The van der Waals surface area contributed by atoms with E-state index < -0.39 is 0 Å². The van der Waals surface area contributed by atoms with Crippen LogP contribution in [0.25, 0.3) is 22.4 Å². The fourth-order valence-corrected chi connectivity index (χ4v) is 3.40. The van der Waals surface area contributed by atoms with Gasteiger partial charge in [-0.2, -0.15) is 0 Å². The number of benzene rings is 2. The number of H-pyrrole nitrogens is 1. The monoisotopic (exact) mass is 374 g/mol. The molecule has 0 aliphatic heterocycles. The Hall–Kier alpha value is -3.41. The van der Waals surface area contributed by atoms with E-state index in [0.29, 0.717) is 5.56 Å². The zero-order valence-corrected chi connectivity index (χ0v) is 15.7. The summed E-state index contributed by atoms with van der Waals surface area (Å²) >= 11 is 0. The van der Waals surface area contributed by atoms with E-state index >= 15 is 0 Å². The first-order chi connectivity index (χ1) is 13.6. The molecule has 1 aliphatic carbocycles. The van der Waals surface area contributed by atoms with Crippen LogP contribution in [0, 0.1) is 0 Å². The van der Waals surface area contributed by atoms with Gasteiger partial charge in [0.25, 0.3) is 11.8 Å². The van der Waals surface area contributed by atoms with Gasteiger partial charge in [0.1, 0.15) is 5.82 Å². The van der Waals surface area contributed by atoms with Crippen molar-refractivity contribution in [2.75, 3.05) is 12.4 Å². The van der Waals surface area contributed by atoms with Crippen molar-refractivity contribution >= 4 is 28.5 Å². The molecule has 4 rings (SSSR count). The number of rotatable bonds is 4. The lowest BCUT2D eigenvalue weighted by atomic mass is 9.99. The summed E-state index contributed by atoms with van der Waals surface area (Å²) in [5.74, 6) is 0.574. The van der Waals surface area contributed by atoms with Gasteiger partial charge in [-0.1, -0.05) is 18.2 Å². The van der Waals surface area contributed by atoms with Crippen LogP contribution < -0.4 is 10.6 Å². The van der Waals surface area contributed by atoms with Crippen LogP contribution in [0.2, 0.25) is 0 Å². The van der Waals surface area contributed by atoms with Gasteiger partial charge in [0, 0.05) is 29.4 Å². The van der Waals surface area contributed by atoms with Gasteiger partial charge in [0.05, 0.1) is 11.0 Å². The maximum atomic E-state index is 12.4. The standard InChI is InChI=1S/C22H22N4O2/c1-23-21(27)16-9-7-14(8-10-16)20-25-18-12-11-17(13-19(18)26-20)24-22(28)15-5-3-2-4-6-15/h5,7-13H,2-4,6H2,1H3,(H,23,27)(H,24,28)(H,25,26). The highest BCUT2D eigenvalue weighted by molar-refractivity contribution is 6.04. The van der Waals surface area contributed by atoms with Crippen molar-refractivity contribution in [3.63, 3.8) is 0 Å². The predicted octanol–water partition coefficient (Wildman–Crippen LogP) is 4.03. The van der Waals surface area contributed by atoms with E-state index in [1.165, 1.54) is 0 Å². The maximum Gasteiger partial charge on any atom is 0.251 e. The highest BCUT2D eigenvalue weighted by atomic mass is 16.2. The minimum atomic E-state index is -0.121. The second-order valence-corrected chi connectivity index (χ2v) is 6.90. The van der Waals surface area contributed by atoms with Crippen LogP contribution in [0.1, 0.15) is 36.0 Å². The number of amides is 2. The van der Waals surface area contributed by atoms with E-state index in [-0.39, 0.29) is 11.8 Å². The number of imidazole rings is 1. The molecule has 2 aromatic carbocycles. The van der Waals surface area contributed by atoms with Crippen LogP contribution in [0.5, 0.6) is 0 Å². The number of nitrogens with one attached hydrogen (secondary N) is 3. The first-order valence-corrected chi connectivity index (χ1v) is 9.47. The number of hydrogen-bond donors (Lipinski definition) is 3. The summed E-state index contributed by atoms with van der Waals surface area (Å²) in [4.78, 5) is 32.0. The van der Waals surface area contributed by atoms with Gasteiger partial charge >= 0.3 is 0 Å². The molecule has 1 heterocycles. The topological polar surface area (TPSA) is 86.9 Å². The summed E-state index contributed by atoms with van der Waals surface area (Å²) in [6.07, 6.45) is 6.08. The Bertz CT molecular complexity index is 1060. The fourth-order valence-electron chi connectivity index (χ4n) is 3.40. The second-order valence-electron chi connectivity index (χ2n) is 6.90. The minimum absolute atomic E-state index is 0.0245. The fraction of sp³-hybridized carbons (Fsp3) is 0.227. The SMILES string of the molecule is CNC(=O)c1ccc(-c2nc3ccc(NC(=O)C4=CCCCC4)cc3[nH]2)cc1. The van der Waals surface area contributed by atoms with Gasteiger partial charge in [0.15, 0.2) is 0 Å². The molecule has 1 aromatic heterocycles. The molecule has 0 saturated carbocycles. The number of aromatic amines is 1. The summed E-state index contributed by atoms with van der Waals surface area (Å²) in [6, 6.07) is 12.9. The van der Waals surface area contributed by atoms with Gasteiger partial charge in [0.2, 0.25) is 0 Å². The van der Waals surface area contributed by atoms with E-state index in [1.54, 1.807) is 19.2 Å². The smallest absolute Gasteiger partial charge is 0.251 e. The molecule has 0 radical (unpaired) electrons. The molecule has 0 bridgehead atoms. The molecule has 0 spiro atoms. The van der Waals surface area contributed by atoms with Crippen LogP contribution in [0.4, 0.5) is 5.69 Å². The van der Waals surface area contributed by atoms with Crippen molar-refractivity contribution in [2.24, 2.45) is 0 Å². The van der Waals surface area contributed by atoms with Gasteiger partial charge < -0.3 is 15.6 Å². The first-order valence-electron chi connectivity index (χ1n) is 9.47. The first kappa shape index (κ1) is 18.0. The zero-order valence-electron chi connectivity index (χ0n) is 15.7. The Kier molecular flexibility index (Phi) is 4.93. The third kappa shape index (κ3) is 3.67. The minimum Gasteiger partial charge on any atom is -0.355 e. The van der Waals surface area contributed by atoms with Crippen molar-refractivity contribution in [3.05, 3.63) is 59.7 Å². The molecule has 6 nitrogen and oxygen atoms in total. The molecule has 0 fully saturated rings. The third-order valence-electron chi connectivity index (χ3n) is 4.97. The molecule has 0 saturated heterocycles. The van der Waals surface area contributed by atoms with Crippen molar-refractivity contribution in [2.45, 2.75) is 25.7 Å². The molecule has 3 N–H and O–H groups in total. The molecular formula is C22H22N4O2. The van der Waals surface area contributed by atoms with Gasteiger partial charge in [-0.15, -0.1) is 0 Å².